The maximum absolute atomic E-state index is 10.6. The number of nitrogens with zero attached hydrogens (tertiary/aromatic N) is 3. The van der Waals surface area contributed by atoms with Gasteiger partial charge in [-0.1, -0.05) is 11.6 Å². The van der Waals surface area contributed by atoms with Gasteiger partial charge in [0, 0.05) is 6.20 Å². The standard InChI is InChI=1S/C6H5ClN4O/c7-5-4(6(9)12)3-11(10-5)2-1-8/h3H,2H2,(H2,9,12). The molecule has 6 heteroatoms. The average Bonchev–Trinajstić information content (AvgIpc) is 2.32. The van der Waals surface area contributed by atoms with Crippen molar-refractivity contribution in [3.63, 3.8) is 0 Å². The van der Waals surface area contributed by atoms with Crippen LogP contribution in [0.4, 0.5) is 0 Å². The Labute approximate surface area is 73.3 Å². The third-order valence-electron chi connectivity index (χ3n) is 1.21. The first kappa shape index (κ1) is 8.56. The molecule has 0 aliphatic heterocycles. The number of primary amides is 1. The molecule has 1 rings (SSSR count). The largest absolute Gasteiger partial charge is 0.365 e. The molecule has 0 saturated carbocycles. The first-order valence-electron chi connectivity index (χ1n) is 3.05. The lowest BCUT2D eigenvalue weighted by Gasteiger charge is -1.86. The second-order valence-electron chi connectivity index (χ2n) is 2.05. The fraction of sp³-hybridized carbons (Fsp3) is 0.167. The van der Waals surface area contributed by atoms with Crippen LogP contribution in [-0.4, -0.2) is 15.7 Å². The Bertz CT molecular complexity index is 351. The van der Waals surface area contributed by atoms with Crippen molar-refractivity contribution in [1.82, 2.24) is 9.78 Å². The molecule has 5 nitrogen and oxygen atoms in total. The molecular formula is C6H5ClN4O. The molecule has 0 fully saturated rings. The van der Waals surface area contributed by atoms with Crippen molar-refractivity contribution < 1.29 is 4.79 Å². The molecule has 1 heterocycles. The highest BCUT2D eigenvalue weighted by atomic mass is 35.5. The van der Waals surface area contributed by atoms with Crippen molar-refractivity contribution in [1.29, 1.82) is 5.26 Å². The zero-order valence-electron chi connectivity index (χ0n) is 5.99. The van der Waals surface area contributed by atoms with E-state index in [0.29, 0.717) is 0 Å². The fourth-order valence-corrected chi connectivity index (χ4v) is 0.956. The smallest absolute Gasteiger partial charge is 0.253 e. The topological polar surface area (TPSA) is 84.7 Å². The van der Waals surface area contributed by atoms with E-state index >= 15 is 0 Å². The SMILES string of the molecule is N#CCn1cc(C(N)=O)c(Cl)n1. The second-order valence-corrected chi connectivity index (χ2v) is 2.41. The summed E-state index contributed by atoms with van der Waals surface area (Å²) in [6.07, 6.45) is 1.34. The van der Waals surface area contributed by atoms with Gasteiger partial charge in [0.15, 0.2) is 5.15 Å². The number of nitrogens with two attached hydrogens (primary N) is 1. The molecule has 0 bridgehead atoms. The molecule has 1 aromatic rings. The number of hydrogen-bond donors (Lipinski definition) is 1. The van der Waals surface area contributed by atoms with Gasteiger partial charge in [0.2, 0.25) is 0 Å². The van der Waals surface area contributed by atoms with E-state index in [-0.39, 0.29) is 17.3 Å². The third-order valence-corrected chi connectivity index (χ3v) is 1.49. The van der Waals surface area contributed by atoms with Gasteiger partial charge in [-0.15, -0.1) is 0 Å². The normalized spacial score (nSPS) is 9.33. The number of aromatic nitrogens is 2. The molecule has 0 aliphatic rings. The Balaban J connectivity index is 3.02. The van der Waals surface area contributed by atoms with Gasteiger partial charge >= 0.3 is 0 Å². The van der Waals surface area contributed by atoms with Crippen molar-refractivity contribution >= 4 is 17.5 Å². The van der Waals surface area contributed by atoms with Gasteiger partial charge in [-0.05, 0) is 0 Å². The van der Waals surface area contributed by atoms with Gasteiger partial charge in [0.1, 0.15) is 6.54 Å². The number of carbonyl (C=O) groups excluding carboxylic acids is 1. The fourth-order valence-electron chi connectivity index (χ4n) is 0.717. The lowest BCUT2D eigenvalue weighted by Crippen LogP contribution is -2.10. The minimum absolute atomic E-state index is 0.0257. The van der Waals surface area contributed by atoms with Crippen LogP contribution in [-0.2, 0) is 6.54 Å². The Morgan fingerprint density at radius 3 is 3.00 bits per heavy atom. The highest BCUT2D eigenvalue weighted by Gasteiger charge is 2.10. The second kappa shape index (κ2) is 3.24. The molecule has 12 heavy (non-hydrogen) atoms. The van der Waals surface area contributed by atoms with E-state index in [0.717, 1.165) is 0 Å². The number of carbonyl (C=O) groups is 1. The zero-order valence-corrected chi connectivity index (χ0v) is 6.75. The minimum Gasteiger partial charge on any atom is -0.365 e. The minimum atomic E-state index is -0.649. The van der Waals surface area contributed by atoms with Crippen LogP contribution >= 0.6 is 11.6 Å². The van der Waals surface area contributed by atoms with E-state index in [4.69, 9.17) is 22.6 Å². The highest BCUT2D eigenvalue weighted by molar-refractivity contribution is 6.32. The van der Waals surface area contributed by atoms with E-state index in [2.05, 4.69) is 5.10 Å². The van der Waals surface area contributed by atoms with Crippen LogP contribution in [0.3, 0.4) is 0 Å². The summed E-state index contributed by atoms with van der Waals surface area (Å²) in [5, 5.41) is 12.0. The van der Waals surface area contributed by atoms with Crippen LogP contribution in [0.2, 0.25) is 5.15 Å². The predicted molar refractivity (Wildman–Crippen MR) is 41.4 cm³/mol. The van der Waals surface area contributed by atoms with Gasteiger partial charge in [-0.25, -0.2) is 0 Å². The molecular weight excluding hydrogens is 180 g/mol. The van der Waals surface area contributed by atoms with Crippen LogP contribution in [0.5, 0.6) is 0 Å². The van der Waals surface area contributed by atoms with E-state index in [1.165, 1.54) is 10.9 Å². The summed E-state index contributed by atoms with van der Waals surface area (Å²) in [7, 11) is 0. The number of halogens is 1. The lowest BCUT2D eigenvalue weighted by atomic mass is 10.3. The molecule has 1 amide bonds. The van der Waals surface area contributed by atoms with Crippen LogP contribution < -0.4 is 5.73 Å². The van der Waals surface area contributed by atoms with Crippen molar-refractivity contribution in [3.8, 4) is 6.07 Å². The number of nitriles is 1. The summed E-state index contributed by atoms with van der Waals surface area (Å²) in [6, 6.07) is 1.85. The quantitative estimate of drug-likeness (QED) is 0.711. The van der Waals surface area contributed by atoms with Gasteiger partial charge < -0.3 is 5.73 Å². The Morgan fingerprint density at radius 2 is 2.58 bits per heavy atom. The molecule has 2 N–H and O–H groups in total. The zero-order chi connectivity index (χ0) is 9.14. The van der Waals surface area contributed by atoms with Gasteiger partial charge in [-0.2, -0.15) is 10.4 Å². The third kappa shape index (κ3) is 1.54. The number of rotatable bonds is 2. The van der Waals surface area contributed by atoms with Crippen molar-refractivity contribution in [2.45, 2.75) is 6.54 Å². The van der Waals surface area contributed by atoms with E-state index in [1.54, 1.807) is 0 Å². The maximum Gasteiger partial charge on any atom is 0.253 e. The molecule has 0 atom stereocenters. The van der Waals surface area contributed by atoms with Crippen LogP contribution in [0.15, 0.2) is 6.20 Å². The first-order chi connectivity index (χ1) is 5.65. The Hall–Kier alpha value is -1.54. The molecule has 0 saturated heterocycles. The summed E-state index contributed by atoms with van der Waals surface area (Å²) in [6.45, 7) is 0.0486. The van der Waals surface area contributed by atoms with Crippen molar-refractivity contribution in [2.75, 3.05) is 0 Å². The Kier molecular flexibility index (Phi) is 2.31. The molecule has 62 valence electrons. The molecule has 0 unspecified atom stereocenters. The summed E-state index contributed by atoms with van der Waals surface area (Å²) in [5.41, 5.74) is 5.10. The average molecular weight is 185 g/mol. The molecule has 0 aromatic carbocycles. The van der Waals surface area contributed by atoms with E-state index < -0.39 is 5.91 Å². The lowest BCUT2D eigenvalue weighted by molar-refractivity contribution is 0.100. The predicted octanol–water partition coefficient (Wildman–Crippen LogP) is 0.159. The summed E-state index contributed by atoms with van der Waals surface area (Å²) >= 11 is 5.53. The molecule has 1 aromatic heterocycles. The van der Waals surface area contributed by atoms with E-state index in [9.17, 15) is 4.79 Å². The maximum atomic E-state index is 10.6. The van der Waals surface area contributed by atoms with E-state index in [1.807, 2.05) is 6.07 Å². The van der Waals surface area contributed by atoms with Gasteiger partial charge in [0.25, 0.3) is 5.91 Å². The first-order valence-corrected chi connectivity index (χ1v) is 3.42. The van der Waals surface area contributed by atoms with Crippen molar-refractivity contribution in [2.24, 2.45) is 5.73 Å². The van der Waals surface area contributed by atoms with Crippen LogP contribution in [0, 0.1) is 11.3 Å². The number of amides is 1. The Morgan fingerprint density at radius 1 is 1.92 bits per heavy atom. The van der Waals surface area contributed by atoms with Crippen LogP contribution in [0.1, 0.15) is 10.4 Å². The molecule has 0 aliphatic carbocycles. The molecule has 0 spiro atoms. The number of hydrogen-bond acceptors (Lipinski definition) is 3. The highest BCUT2D eigenvalue weighted by Crippen LogP contribution is 2.11. The van der Waals surface area contributed by atoms with Gasteiger partial charge in [-0.3, -0.25) is 9.48 Å². The summed E-state index contributed by atoms with van der Waals surface area (Å²) in [4.78, 5) is 10.6. The van der Waals surface area contributed by atoms with Gasteiger partial charge in [0.05, 0.1) is 11.6 Å². The summed E-state index contributed by atoms with van der Waals surface area (Å²) in [5.74, 6) is -0.649. The monoisotopic (exact) mass is 184 g/mol. The summed E-state index contributed by atoms with van der Waals surface area (Å²) < 4.78 is 1.25. The van der Waals surface area contributed by atoms with Crippen LogP contribution in [0.25, 0.3) is 0 Å². The van der Waals surface area contributed by atoms with Crippen molar-refractivity contribution in [3.05, 3.63) is 16.9 Å². The molecule has 0 radical (unpaired) electrons.